The average molecular weight is 237 g/mol. The van der Waals surface area contributed by atoms with Crippen molar-refractivity contribution in [3.05, 3.63) is 33.8 Å². The molecule has 0 saturated carbocycles. The van der Waals surface area contributed by atoms with Gasteiger partial charge in [0, 0.05) is 17.6 Å². The molecule has 1 aliphatic heterocycles. The molecule has 0 atom stereocenters. The number of fused-ring (bicyclic) bond motifs is 1. The summed E-state index contributed by atoms with van der Waals surface area (Å²) in [7, 11) is 0. The highest BCUT2D eigenvalue weighted by atomic mass is 79.9. The highest BCUT2D eigenvalue weighted by Crippen LogP contribution is 2.28. The van der Waals surface area contributed by atoms with E-state index in [0.29, 0.717) is 6.54 Å². The third-order valence-electron chi connectivity index (χ3n) is 2.29. The summed E-state index contributed by atoms with van der Waals surface area (Å²) >= 11 is 3.52. The Bertz CT molecular complexity index is 368. The van der Waals surface area contributed by atoms with Crippen LogP contribution in [-0.2, 0) is 13.1 Å². The summed E-state index contributed by atoms with van der Waals surface area (Å²) in [5.74, 6) is 0. The smallest absolute Gasteiger partial charge is 0.0871 e. The third kappa shape index (κ3) is 1.60. The minimum Gasteiger partial charge on any atom is -0.282 e. The highest BCUT2D eigenvalue weighted by Gasteiger charge is 2.19. The molecule has 3 heteroatoms. The molecular formula is C10H9BrN2. The van der Waals surface area contributed by atoms with E-state index in [2.05, 4.69) is 39.0 Å². The predicted octanol–water partition coefficient (Wildman–Crippen LogP) is 2.29. The molecule has 1 aliphatic rings. The molecule has 13 heavy (non-hydrogen) atoms. The second-order valence-electron chi connectivity index (χ2n) is 3.18. The van der Waals surface area contributed by atoms with Crippen molar-refractivity contribution in [3.63, 3.8) is 0 Å². The van der Waals surface area contributed by atoms with Gasteiger partial charge in [0.15, 0.2) is 0 Å². The predicted molar refractivity (Wildman–Crippen MR) is 53.9 cm³/mol. The maximum absolute atomic E-state index is 8.57. The van der Waals surface area contributed by atoms with E-state index in [0.717, 1.165) is 17.6 Å². The van der Waals surface area contributed by atoms with Crippen molar-refractivity contribution in [1.82, 2.24) is 4.90 Å². The molecule has 1 heterocycles. The Morgan fingerprint density at radius 3 is 3.00 bits per heavy atom. The molecule has 0 bridgehead atoms. The van der Waals surface area contributed by atoms with Crippen LogP contribution in [0, 0.1) is 11.3 Å². The van der Waals surface area contributed by atoms with Gasteiger partial charge in [-0.2, -0.15) is 5.26 Å². The van der Waals surface area contributed by atoms with Gasteiger partial charge in [0.1, 0.15) is 0 Å². The Labute approximate surface area is 85.9 Å². The second kappa shape index (κ2) is 3.49. The van der Waals surface area contributed by atoms with Crippen LogP contribution in [0.15, 0.2) is 22.7 Å². The lowest BCUT2D eigenvalue weighted by Gasteiger charge is -2.07. The van der Waals surface area contributed by atoms with E-state index < -0.39 is 0 Å². The molecule has 0 aliphatic carbocycles. The van der Waals surface area contributed by atoms with Crippen molar-refractivity contribution >= 4 is 15.9 Å². The van der Waals surface area contributed by atoms with Crippen LogP contribution in [0.5, 0.6) is 0 Å². The Hall–Kier alpha value is -0.850. The minimum absolute atomic E-state index is 0.515. The monoisotopic (exact) mass is 236 g/mol. The van der Waals surface area contributed by atoms with Gasteiger partial charge in [-0.25, -0.2) is 0 Å². The van der Waals surface area contributed by atoms with E-state index in [9.17, 15) is 0 Å². The number of hydrogen-bond donors (Lipinski definition) is 0. The van der Waals surface area contributed by atoms with E-state index >= 15 is 0 Å². The third-order valence-corrected chi connectivity index (χ3v) is 3.03. The largest absolute Gasteiger partial charge is 0.282 e. The molecule has 2 rings (SSSR count). The molecule has 0 radical (unpaired) electrons. The van der Waals surface area contributed by atoms with E-state index in [-0.39, 0.29) is 0 Å². The molecule has 66 valence electrons. The van der Waals surface area contributed by atoms with Gasteiger partial charge in [0.25, 0.3) is 0 Å². The van der Waals surface area contributed by atoms with Crippen molar-refractivity contribution in [2.24, 2.45) is 0 Å². The zero-order chi connectivity index (χ0) is 9.26. The summed E-state index contributed by atoms with van der Waals surface area (Å²) in [5.41, 5.74) is 2.67. The summed E-state index contributed by atoms with van der Waals surface area (Å²) in [4.78, 5) is 2.13. The van der Waals surface area contributed by atoms with Gasteiger partial charge in [0.2, 0.25) is 0 Å². The van der Waals surface area contributed by atoms with E-state index in [1.807, 2.05) is 6.07 Å². The highest BCUT2D eigenvalue weighted by molar-refractivity contribution is 9.10. The Morgan fingerprint density at radius 1 is 1.46 bits per heavy atom. The molecular weight excluding hydrogens is 228 g/mol. The average Bonchev–Trinajstić information content (AvgIpc) is 2.49. The van der Waals surface area contributed by atoms with Gasteiger partial charge in [0.05, 0.1) is 12.6 Å². The molecule has 0 saturated heterocycles. The molecule has 0 unspecified atom stereocenters. The number of nitrogens with zero attached hydrogens (tertiary/aromatic N) is 2. The zero-order valence-corrected chi connectivity index (χ0v) is 8.71. The quantitative estimate of drug-likeness (QED) is 0.700. The fourth-order valence-electron chi connectivity index (χ4n) is 1.66. The van der Waals surface area contributed by atoms with Crippen LogP contribution in [0.2, 0.25) is 0 Å². The van der Waals surface area contributed by atoms with Crippen LogP contribution in [0.4, 0.5) is 0 Å². The topological polar surface area (TPSA) is 27.0 Å². The number of hydrogen-bond acceptors (Lipinski definition) is 2. The van der Waals surface area contributed by atoms with Gasteiger partial charge in [-0.3, -0.25) is 4.90 Å². The first-order chi connectivity index (χ1) is 6.31. The lowest BCUT2D eigenvalue weighted by Crippen LogP contribution is -2.15. The van der Waals surface area contributed by atoms with Crippen LogP contribution < -0.4 is 0 Å². The maximum Gasteiger partial charge on any atom is 0.0871 e. The molecule has 2 nitrogen and oxygen atoms in total. The fraction of sp³-hybridized carbons (Fsp3) is 0.300. The maximum atomic E-state index is 8.57. The summed E-state index contributed by atoms with van der Waals surface area (Å²) in [5, 5.41) is 8.57. The SMILES string of the molecule is N#CCN1Cc2cccc(Br)c2C1. The molecule has 0 spiro atoms. The minimum atomic E-state index is 0.515. The number of nitriles is 1. The number of rotatable bonds is 1. The van der Waals surface area contributed by atoms with Crippen LogP contribution in [0.3, 0.4) is 0 Å². The van der Waals surface area contributed by atoms with Crippen molar-refractivity contribution in [2.75, 3.05) is 6.54 Å². The molecule has 1 aromatic carbocycles. The lowest BCUT2D eigenvalue weighted by molar-refractivity contribution is 0.320. The van der Waals surface area contributed by atoms with E-state index in [1.165, 1.54) is 11.1 Å². The molecule has 0 fully saturated rings. The van der Waals surface area contributed by atoms with Crippen LogP contribution >= 0.6 is 15.9 Å². The standard InChI is InChI=1S/C10H9BrN2/c11-10-3-1-2-8-6-13(5-4-12)7-9(8)10/h1-3H,5-7H2. The zero-order valence-electron chi connectivity index (χ0n) is 7.13. The van der Waals surface area contributed by atoms with Crippen LogP contribution in [-0.4, -0.2) is 11.4 Å². The summed E-state index contributed by atoms with van der Waals surface area (Å²) < 4.78 is 1.16. The molecule has 0 N–H and O–H groups in total. The Morgan fingerprint density at radius 2 is 2.31 bits per heavy atom. The van der Waals surface area contributed by atoms with Gasteiger partial charge in [-0.15, -0.1) is 0 Å². The van der Waals surface area contributed by atoms with Gasteiger partial charge < -0.3 is 0 Å². The lowest BCUT2D eigenvalue weighted by atomic mass is 10.1. The number of benzene rings is 1. The van der Waals surface area contributed by atoms with Gasteiger partial charge in [-0.05, 0) is 17.2 Å². The van der Waals surface area contributed by atoms with Gasteiger partial charge in [-0.1, -0.05) is 28.1 Å². The van der Waals surface area contributed by atoms with E-state index in [1.54, 1.807) is 0 Å². The molecule has 0 amide bonds. The van der Waals surface area contributed by atoms with Crippen molar-refractivity contribution in [1.29, 1.82) is 5.26 Å². The van der Waals surface area contributed by atoms with Crippen LogP contribution in [0.1, 0.15) is 11.1 Å². The first kappa shape index (κ1) is 8.74. The van der Waals surface area contributed by atoms with Crippen molar-refractivity contribution in [2.45, 2.75) is 13.1 Å². The van der Waals surface area contributed by atoms with Crippen molar-refractivity contribution < 1.29 is 0 Å². The summed E-state index contributed by atoms with van der Waals surface area (Å²) in [6.45, 7) is 2.31. The molecule has 1 aromatic rings. The first-order valence-electron chi connectivity index (χ1n) is 4.17. The second-order valence-corrected chi connectivity index (χ2v) is 4.04. The molecule has 0 aromatic heterocycles. The first-order valence-corrected chi connectivity index (χ1v) is 4.96. The van der Waals surface area contributed by atoms with Gasteiger partial charge >= 0.3 is 0 Å². The Balaban J connectivity index is 2.26. The fourth-order valence-corrected chi connectivity index (χ4v) is 2.19. The normalized spacial score (nSPS) is 15.4. The summed E-state index contributed by atoms with van der Waals surface area (Å²) in [6.07, 6.45) is 0. The summed E-state index contributed by atoms with van der Waals surface area (Å²) in [6, 6.07) is 8.39. The van der Waals surface area contributed by atoms with E-state index in [4.69, 9.17) is 5.26 Å². The van der Waals surface area contributed by atoms with Crippen LogP contribution in [0.25, 0.3) is 0 Å². The number of halogens is 1. The van der Waals surface area contributed by atoms with Crippen molar-refractivity contribution in [3.8, 4) is 6.07 Å². The Kier molecular flexibility index (Phi) is 2.34.